The van der Waals surface area contributed by atoms with Crippen LogP contribution in [0.15, 0.2) is 36.4 Å². The summed E-state index contributed by atoms with van der Waals surface area (Å²) in [6, 6.07) is 5.79. The van der Waals surface area contributed by atoms with Crippen LogP contribution in [0.3, 0.4) is 0 Å². The summed E-state index contributed by atoms with van der Waals surface area (Å²) in [7, 11) is 1.47. The van der Waals surface area contributed by atoms with E-state index in [4.69, 9.17) is 16.3 Å². The fraction of sp³-hybridized carbons (Fsp3) is 0.176. The van der Waals surface area contributed by atoms with Gasteiger partial charge in [-0.2, -0.15) is 13.2 Å². The highest BCUT2D eigenvalue weighted by Gasteiger charge is 2.31. The molecular formula is C17H13ClF3N3O5. The Kier molecular flexibility index (Phi) is 6.64. The van der Waals surface area contributed by atoms with Gasteiger partial charge in [0, 0.05) is 24.9 Å². The smallest absolute Gasteiger partial charge is 0.416 e. The first-order chi connectivity index (χ1) is 13.5. The molecule has 2 aromatic carbocycles. The molecule has 0 aliphatic carbocycles. The molecule has 0 aliphatic rings. The molecular weight excluding hydrogens is 419 g/mol. The minimum atomic E-state index is -4.64. The van der Waals surface area contributed by atoms with E-state index in [-0.39, 0.29) is 27.6 Å². The van der Waals surface area contributed by atoms with Gasteiger partial charge in [-0.25, -0.2) is 4.79 Å². The highest BCUT2D eigenvalue weighted by atomic mass is 35.5. The SMILES string of the molecule is CNc1ccc([N+](=O)[O-])cc1C(=O)OCC(=O)Nc1cc(C(F)(F)F)ccc1Cl. The number of alkyl halides is 3. The van der Waals surface area contributed by atoms with Crippen LogP contribution >= 0.6 is 11.6 Å². The van der Waals surface area contributed by atoms with Crippen molar-refractivity contribution in [1.82, 2.24) is 0 Å². The molecule has 1 amide bonds. The van der Waals surface area contributed by atoms with Gasteiger partial charge in [0.25, 0.3) is 11.6 Å². The number of carbonyl (C=O) groups excluding carboxylic acids is 2. The number of benzene rings is 2. The number of halogens is 4. The number of hydrogen-bond donors (Lipinski definition) is 2. The topological polar surface area (TPSA) is 111 Å². The van der Waals surface area contributed by atoms with Crippen molar-refractivity contribution in [3.05, 3.63) is 62.7 Å². The van der Waals surface area contributed by atoms with E-state index in [1.165, 1.54) is 19.2 Å². The number of nitro groups is 1. The molecule has 2 N–H and O–H groups in total. The number of non-ortho nitro benzene ring substituents is 1. The van der Waals surface area contributed by atoms with Crippen LogP contribution in [0.1, 0.15) is 15.9 Å². The summed E-state index contributed by atoms with van der Waals surface area (Å²) in [6.45, 7) is -0.850. The fourth-order valence-electron chi connectivity index (χ4n) is 2.23. The van der Waals surface area contributed by atoms with Crippen molar-refractivity contribution in [3.63, 3.8) is 0 Å². The number of rotatable bonds is 6. The third-order valence-corrected chi connectivity index (χ3v) is 3.93. The van der Waals surface area contributed by atoms with Crippen LogP contribution in [-0.4, -0.2) is 30.5 Å². The van der Waals surface area contributed by atoms with Crippen LogP contribution in [0.5, 0.6) is 0 Å². The second-order valence-corrected chi connectivity index (χ2v) is 5.96. The standard InChI is InChI=1S/C17H13ClF3N3O5/c1-22-13-5-3-10(24(27)28)7-11(13)16(26)29-8-15(25)23-14-6-9(17(19,20)21)2-4-12(14)18/h2-7,22H,8H2,1H3,(H,23,25). The van der Waals surface area contributed by atoms with Gasteiger partial charge in [0.15, 0.2) is 6.61 Å². The number of amides is 1. The van der Waals surface area contributed by atoms with Gasteiger partial charge < -0.3 is 15.4 Å². The molecule has 12 heteroatoms. The van der Waals surface area contributed by atoms with Crippen LogP contribution in [0.25, 0.3) is 0 Å². The summed E-state index contributed by atoms with van der Waals surface area (Å²) < 4.78 is 43.1. The summed E-state index contributed by atoms with van der Waals surface area (Å²) in [5.41, 5.74) is -1.66. The van der Waals surface area contributed by atoms with Crippen LogP contribution in [0.4, 0.5) is 30.2 Å². The zero-order valence-electron chi connectivity index (χ0n) is 14.7. The fourth-order valence-corrected chi connectivity index (χ4v) is 2.39. The molecule has 0 saturated carbocycles. The van der Waals surface area contributed by atoms with Crippen LogP contribution in [0.2, 0.25) is 5.02 Å². The summed E-state index contributed by atoms with van der Waals surface area (Å²) in [5, 5.41) is 15.5. The van der Waals surface area contributed by atoms with Crippen molar-refractivity contribution in [1.29, 1.82) is 0 Å². The number of nitrogens with one attached hydrogen (secondary N) is 2. The van der Waals surface area contributed by atoms with Gasteiger partial charge in [0.2, 0.25) is 0 Å². The number of anilines is 2. The van der Waals surface area contributed by atoms with Crippen molar-refractivity contribution in [3.8, 4) is 0 Å². The Morgan fingerprint density at radius 2 is 1.86 bits per heavy atom. The Bertz CT molecular complexity index is 966. The number of nitrogens with zero attached hydrogens (tertiary/aromatic N) is 1. The second-order valence-electron chi connectivity index (χ2n) is 5.55. The van der Waals surface area contributed by atoms with E-state index >= 15 is 0 Å². The molecule has 0 spiro atoms. The molecule has 2 rings (SSSR count). The lowest BCUT2D eigenvalue weighted by Gasteiger charge is -2.12. The van der Waals surface area contributed by atoms with E-state index in [0.717, 1.165) is 18.2 Å². The number of hydrogen-bond acceptors (Lipinski definition) is 6. The first kappa shape index (κ1) is 22.0. The van der Waals surface area contributed by atoms with Crippen molar-refractivity contribution >= 4 is 40.5 Å². The molecule has 0 atom stereocenters. The Hall–Kier alpha value is -3.34. The van der Waals surface area contributed by atoms with Crippen molar-refractivity contribution in [2.24, 2.45) is 0 Å². The third kappa shape index (κ3) is 5.57. The molecule has 0 fully saturated rings. The number of nitro benzene ring substituents is 1. The van der Waals surface area contributed by atoms with E-state index in [9.17, 15) is 32.9 Å². The minimum absolute atomic E-state index is 0.145. The summed E-state index contributed by atoms with van der Waals surface area (Å²) in [6.07, 6.45) is -4.64. The number of ether oxygens (including phenoxy) is 1. The average molecular weight is 432 g/mol. The first-order valence-electron chi connectivity index (χ1n) is 7.83. The van der Waals surface area contributed by atoms with E-state index < -0.39 is 35.1 Å². The zero-order valence-corrected chi connectivity index (χ0v) is 15.4. The predicted octanol–water partition coefficient (Wildman–Crippen LogP) is 4.10. The van der Waals surface area contributed by atoms with Gasteiger partial charge in [-0.3, -0.25) is 14.9 Å². The third-order valence-electron chi connectivity index (χ3n) is 3.61. The lowest BCUT2D eigenvalue weighted by molar-refractivity contribution is -0.384. The number of carbonyl (C=O) groups is 2. The monoisotopic (exact) mass is 431 g/mol. The Morgan fingerprint density at radius 1 is 1.17 bits per heavy atom. The predicted molar refractivity (Wildman–Crippen MR) is 98.0 cm³/mol. The molecule has 2 aromatic rings. The molecule has 154 valence electrons. The quantitative estimate of drug-likeness (QED) is 0.404. The van der Waals surface area contributed by atoms with Crippen LogP contribution in [0, 0.1) is 10.1 Å². The Balaban J connectivity index is 2.09. The normalized spacial score (nSPS) is 10.9. The van der Waals surface area contributed by atoms with Gasteiger partial charge in [0.1, 0.15) is 0 Å². The van der Waals surface area contributed by atoms with Crippen molar-refractivity contribution in [2.75, 3.05) is 24.3 Å². The first-order valence-corrected chi connectivity index (χ1v) is 8.20. The van der Waals surface area contributed by atoms with Gasteiger partial charge in [-0.1, -0.05) is 11.6 Å². The maximum Gasteiger partial charge on any atom is 0.416 e. The van der Waals surface area contributed by atoms with Crippen LogP contribution in [-0.2, 0) is 15.7 Å². The Labute approximate surface area is 166 Å². The van der Waals surface area contributed by atoms with E-state index in [0.29, 0.717) is 6.07 Å². The molecule has 0 heterocycles. The van der Waals surface area contributed by atoms with E-state index in [1.807, 2.05) is 0 Å². The Morgan fingerprint density at radius 3 is 2.45 bits per heavy atom. The van der Waals surface area contributed by atoms with Crippen molar-refractivity contribution < 1.29 is 32.4 Å². The van der Waals surface area contributed by atoms with Gasteiger partial charge in [-0.15, -0.1) is 0 Å². The largest absolute Gasteiger partial charge is 0.452 e. The van der Waals surface area contributed by atoms with Gasteiger partial charge in [-0.05, 0) is 24.3 Å². The maximum atomic E-state index is 12.8. The van der Waals surface area contributed by atoms with E-state index in [2.05, 4.69) is 10.6 Å². The summed E-state index contributed by atoms with van der Waals surface area (Å²) in [5.74, 6) is -1.99. The maximum absolute atomic E-state index is 12.8. The molecule has 0 aromatic heterocycles. The van der Waals surface area contributed by atoms with E-state index in [1.54, 1.807) is 0 Å². The second kappa shape index (κ2) is 8.78. The molecule has 0 radical (unpaired) electrons. The summed E-state index contributed by atoms with van der Waals surface area (Å²) in [4.78, 5) is 34.2. The molecule has 29 heavy (non-hydrogen) atoms. The summed E-state index contributed by atoms with van der Waals surface area (Å²) >= 11 is 5.77. The lowest BCUT2D eigenvalue weighted by Crippen LogP contribution is -2.22. The van der Waals surface area contributed by atoms with Crippen molar-refractivity contribution in [2.45, 2.75) is 6.18 Å². The van der Waals surface area contributed by atoms with Gasteiger partial charge in [0.05, 0.1) is 26.8 Å². The molecule has 0 unspecified atom stereocenters. The van der Waals surface area contributed by atoms with Gasteiger partial charge >= 0.3 is 12.1 Å². The highest BCUT2D eigenvalue weighted by Crippen LogP contribution is 2.33. The molecule has 0 bridgehead atoms. The zero-order chi connectivity index (χ0) is 21.8. The lowest BCUT2D eigenvalue weighted by atomic mass is 10.1. The number of esters is 1. The molecule has 0 aliphatic heterocycles. The van der Waals surface area contributed by atoms with Crippen LogP contribution < -0.4 is 10.6 Å². The molecule has 0 saturated heterocycles. The minimum Gasteiger partial charge on any atom is -0.452 e. The average Bonchev–Trinajstić information content (AvgIpc) is 2.66. The molecule has 8 nitrogen and oxygen atoms in total. The highest BCUT2D eigenvalue weighted by molar-refractivity contribution is 6.33.